The quantitative estimate of drug-likeness (QED) is 0.787. The maximum atomic E-state index is 12.6. The normalized spacial score (nSPS) is 17.5. The average Bonchev–Trinajstić information content (AvgIpc) is 3.15. The van der Waals surface area contributed by atoms with E-state index in [1.807, 2.05) is 36.4 Å². The highest BCUT2D eigenvalue weighted by atomic mass is 32.2. The molecule has 6 heteroatoms. The van der Waals surface area contributed by atoms with Gasteiger partial charge >= 0.3 is 0 Å². The van der Waals surface area contributed by atoms with Crippen LogP contribution in [0.1, 0.15) is 31.7 Å². The fraction of sp³-hybridized carbons (Fsp3) is 0.429. The van der Waals surface area contributed by atoms with Crippen molar-refractivity contribution in [1.82, 2.24) is 4.72 Å². The van der Waals surface area contributed by atoms with E-state index in [1.54, 1.807) is 19.2 Å². The number of para-hydroxylation sites is 2. The maximum absolute atomic E-state index is 12.6. The fourth-order valence-corrected chi connectivity index (χ4v) is 4.57. The first kappa shape index (κ1) is 19.7. The lowest BCUT2D eigenvalue weighted by Crippen LogP contribution is -2.31. The van der Waals surface area contributed by atoms with Gasteiger partial charge in [0.2, 0.25) is 10.0 Å². The van der Waals surface area contributed by atoms with Crippen LogP contribution < -0.4 is 14.4 Å². The summed E-state index contributed by atoms with van der Waals surface area (Å²) in [6.45, 7) is 6.34. The molecule has 1 atom stereocenters. The van der Waals surface area contributed by atoms with Crippen LogP contribution in [0.3, 0.4) is 0 Å². The Morgan fingerprint density at radius 1 is 1.15 bits per heavy atom. The zero-order valence-corrected chi connectivity index (χ0v) is 17.0. The van der Waals surface area contributed by atoms with Crippen molar-refractivity contribution in [2.24, 2.45) is 5.92 Å². The van der Waals surface area contributed by atoms with Gasteiger partial charge in [0.25, 0.3) is 0 Å². The van der Waals surface area contributed by atoms with Crippen LogP contribution in [0.2, 0.25) is 0 Å². The van der Waals surface area contributed by atoms with Gasteiger partial charge in [-0.25, -0.2) is 13.1 Å². The van der Waals surface area contributed by atoms with E-state index in [4.69, 9.17) is 4.74 Å². The number of hydrogen-bond acceptors (Lipinski definition) is 4. The molecule has 0 aliphatic carbocycles. The Morgan fingerprint density at radius 3 is 2.52 bits per heavy atom. The van der Waals surface area contributed by atoms with Gasteiger partial charge in [0.15, 0.2) is 0 Å². The van der Waals surface area contributed by atoms with E-state index in [9.17, 15) is 8.42 Å². The molecule has 1 unspecified atom stereocenters. The van der Waals surface area contributed by atoms with Crippen molar-refractivity contribution >= 4 is 15.7 Å². The molecule has 0 aromatic heterocycles. The predicted molar refractivity (Wildman–Crippen MR) is 109 cm³/mol. The van der Waals surface area contributed by atoms with Crippen molar-refractivity contribution in [2.45, 2.75) is 31.1 Å². The van der Waals surface area contributed by atoms with Crippen molar-refractivity contribution in [1.29, 1.82) is 0 Å². The number of anilines is 1. The van der Waals surface area contributed by atoms with E-state index in [0.29, 0.717) is 17.4 Å². The van der Waals surface area contributed by atoms with Crippen molar-refractivity contribution < 1.29 is 13.2 Å². The van der Waals surface area contributed by atoms with Crippen molar-refractivity contribution in [2.75, 3.05) is 31.6 Å². The molecular formula is C21H28N2O3S. The number of ether oxygens (including phenoxy) is 1. The number of nitrogens with zero attached hydrogens (tertiary/aromatic N) is 1. The highest BCUT2D eigenvalue weighted by Gasteiger charge is 2.26. The second-order valence-corrected chi connectivity index (χ2v) is 9.12. The van der Waals surface area contributed by atoms with E-state index in [2.05, 4.69) is 23.5 Å². The van der Waals surface area contributed by atoms with Gasteiger partial charge in [-0.3, -0.25) is 0 Å². The molecule has 146 valence electrons. The van der Waals surface area contributed by atoms with Gasteiger partial charge in [-0.1, -0.05) is 38.1 Å². The SMILES string of the molecule is COc1ccccc1N1CCC(CNS(=O)(=O)c2ccc(C(C)C)cc2)C1. The van der Waals surface area contributed by atoms with Crippen molar-refractivity contribution in [3.8, 4) is 5.75 Å². The summed E-state index contributed by atoms with van der Waals surface area (Å²) in [4.78, 5) is 2.58. The van der Waals surface area contributed by atoms with E-state index in [0.717, 1.165) is 36.5 Å². The first-order valence-electron chi connectivity index (χ1n) is 9.38. The molecule has 1 aliphatic rings. The Kier molecular flexibility index (Phi) is 6.07. The molecule has 1 N–H and O–H groups in total. The molecule has 1 saturated heterocycles. The lowest BCUT2D eigenvalue weighted by atomic mass is 10.0. The lowest BCUT2D eigenvalue weighted by molar-refractivity contribution is 0.414. The standard InChI is InChI=1S/C21H28N2O3S/c1-16(2)18-8-10-19(11-9-18)27(24,25)22-14-17-12-13-23(15-17)20-6-4-5-7-21(20)26-3/h4-11,16-17,22H,12-15H2,1-3H3. The van der Waals surface area contributed by atoms with Gasteiger partial charge in [-0.2, -0.15) is 0 Å². The summed E-state index contributed by atoms with van der Waals surface area (Å²) in [6, 6.07) is 15.1. The summed E-state index contributed by atoms with van der Waals surface area (Å²) in [7, 11) is -1.81. The molecule has 2 aromatic rings. The van der Waals surface area contributed by atoms with Crippen LogP contribution in [0.5, 0.6) is 5.75 Å². The molecule has 1 heterocycles. The molecule has 0 saturated carbocycles. The summed E-state index contributed by atoms with van der Waals surface area (Å²) in [5.41, 5.74) is 2.20. The summed E-state index contributed by atoms with van der Waals surface area (Å²) in [5, 5.41) is 0. The second-order valence-electron chi connectivity index (χ2n) is 7.35. The number of nitrogens with one attached hydrogen (secondary N) is 1. The third-order valence-electron chi connectivity index (χ3n) is 5.13. The number of rotatable bonds is 7. The molecular weight excluding hydrogens is 360 g/mol. The molecule has 2 aromatic carbocycles. The van der Waals surface area contributed by atoms with E-state index >= 15 is 0 Å². The van der Waals surface area contributed by atoms with E-state index in [-0.39, 0.29) is 5.92 Å². The molecule has 1 aliphatic heterocycles. The number of sulfonamides is 1. The summed E-state index contributed by atoms with van der Waals surface area (Å²) in [5.74, 6) is 1.51. The summed E-state index contributed by atoms with van der Waals surface area (Å²) in [6.07, 6.45) is 0.951. The Morgan fingerprint density at radius 2 is 1.85 bits per heavy atom. The largest absolute Gasteiger partial charge is 0.495 e. The smallest absolute Gasteiger partial charge is 0.240 e. The summed E-state index contributed by atoms with van der Waals surface area (Å²) >= 11 is 0. The van der Waals surface area contributed by atoms with Crippen molar-refractivity contribution in [3.63, 3.8) is 0 Å². The van der Waals surface area contributed by atoms with Crippen molar-refractivity contribution in [3.05, 3.63) is 54.1 Å². The fourth-order valence-electron chi connectivity index (χ4n) is 3.45. The Bertz CT molecular complexity index is 863. The minimum Gasteiger partial charge on any atom is -0.495 e. The van der Waals surface area contributed by atoms with Gasteiger partial charge in [-0.05, 0) is 48.1 Å². The molecule has 27 heavy (non-hydrogen) atoms. The lowest BCUT2D eigenvalue weighted by Gasteiger charge is -2.21. The molecule has 0 amide bonds. The zero-order valence-electron chi connectivity index (χ0n) is 16.2. The molecule has 3 rings (SSSR count). The molecule has 0 spiro atoms. The predicted octanol–water partition coefficient (Wildman–Crippen LogP) is 3.62. The van der Waals surface area contributed by atoms with Crippen LogP contribution >= 0.6 is 0 Å². The molecule has 1 fully saturated rings. The Labute approximate surface area is 162 Å². The van der Waals surface area contributed by atoms with E-state index < -0.39 is 10.0 Å². The molecule has 0 bridgehead atoms. The van der Waals surface area contributed by atoms with Gasteiger partial charge in [0.05, 0.1) is 17.7 Å². The van der Waals surface area contributed by atoms with Crippen LogP contribution in [0.4, 0.5) is 5.69 Å². The van der Waals surface area contributed by atoms with Gasteiger partial charge in [-0.15, -0.1) is 0 Å². The monoisotopic (exact) mass is 388 g/mol. The molecule has 5 nitrogen and oxygen atoms in total. The third-order valence-corrected chi connectivity index (χ3v) is 6.57. The van der Waals surface area contributed by atoms with Gasteiger partial charge in [0, 0.05) is 19.6 Å². The first-order chi connectivity index (χ1) is 12.9. The third kappa shape index (κ3) is 4.62. The Hall–Kier alpha value is -2.05. The summed E-state index contributed by atoms with van der Waals surface area (Å²) < 4.78 is 33.4. The van der Waals surface area contributed by atoms with Crippen LogP contribution in [0.15, 0.2) is 53.4 Å². The van der Waals surface area contributed by atoms with Gasteiger partial charge < -0.3 is 9.64 Å². The highest BCUT2D eigenvalue weighted by molar-refractivity contribution is 7.89. The highest BCUT2D eigenvalue weighted by Crippen LogP contribution is 2.31. The van der Waals surface area contributed by atoms with Crippen LogP contribution in [-0.4, -0.2) is 35.2 Å². The Balaban J connectivity index is 1.60. The molecule has 0 radical (unpaired) electrons. The van der Waals surface area contributed by atoms with E-state index in [1.165, 1.54) is 0 Å². The minimum absolute atomic E-state index is 0.277. The van der Waals surface area contributed by atoms with Gasteiger partial charge in [0.1, 0.15) is 5.75 Å². The number of benzene rings is 2. The van der Waals surface area contributed by atoms with Crippen LogP contribution in [0.25, 0.3) is 0 Å². The maximum Gasteiger partial charge on any atom is 0.240 e. The average molecular weight is 389 g/mol. The number of hydrogen-bond donors (Lipinski definition) is 1. The van der Waals surface area contributed by atoms with Crippen LogP contribution in [0, 0.1) is 5.92 Å². The first-order valence-corrected chi connectivity index (χ1v) is 10.9. The van der Waals surface area contributed by atoms with Crippen LogP contribution in [-0.2, 0) is 10.0 Å². The second kappa shape index (κ2) is 8.31. The number of methoxy groups -OCH3 is 1. The zero-order chi connectivity index (χ0) is 19.4. The minimum atomic E-state index is -3.48. The topological polar surface area (TPSA) is 58.6 Å².